The number of nitrogens with zero attached hydrogens (tertiary/aromatic N) is 2. The Bertz CT molecular complexity index is 656. The largest absolute Gasteiger partial charge is 0.352 e. The van der Waals surface area contributed by atoms with Crippen molar-refractivity contribution >= 4 is 40.3 Å². The van der Waals surface area contributed by atoms with Crippen molar-refractivity contribution in [1.29, 1.82) is 0 Å². The van der Waals surface area contributed by atoms with Gasteiger partial charge in [-0.05, 0) is 42.4 Å². The first kappa shape index (κ1) is 15.7. The number of thiophene rings is 1. The van der Waals surface area contributed by atoms with Gasteiger partial charge in [-0.1, -0.05) is 31.5 Å². The molecule has 0 bridgehead atoms. The summed E-state index contributed by atoms with van der Waals surface area (Å²) in [6, 6.07) is 10.2. The first-order valence-electron chi connectivity index (χ1n) is 7.29. The van der Waals surface area contributed by atoms with Crippen LogP contribution in [0.2, 0.25) is 4.34 Å². The van der Waals surface area contributed by atoms with Gasteiger partial charge in [-0.2, -0.15) is 0 Å². The van der Waals surface area contributed by atoms with Gasteiger partial charge in [-0.3, -0.25) is 4.98 Å². The molecular formula is C16H18ClN3S2. The number of hydrogen-bond donors (Lipinski definition) is 1. The van der Waals surface area contributed by atoms with E-state index in [9.17, 15) is 0 Å². The molecule has 0 amide bonds. The molecule has 2 aromatic rings. The second-order valence-electron chi connectivity index (χ2n) is 5.81. The molecule has 3 nitrogen and oxygen atoms in total. The van der Waals surface area contributed by atoms with E-state index in [-0.39, 0.29) is 12.1 Å². The lowest BCUT2D eigenvalue weighted by atomic mass is 10.0. The van der Waals surface area contributed by atoms with Crippen LogP contribution in [0.1, 0.15) is 36.5 Å². The van der Waals surface area contributed by atoms with Crippen molar-refractivity contribution in [1.82, 2.24) is 15.2 Å². The molecule has 3 rings (SSSR count). The van der Waals surface area contributed by atoms with Crippen LogP contribution in [0.15, 0.2) is 36.5 Å². The van der Waals surface area contributed by atoms with E-state index in [2.05, 4.69) is 35.1 Å². The van der Waals surface area contributed by atoms with Crippen LogP contribution in [-0.2, 0) is 0 Å². The van der Waals surface area contributed by atoms with Gasteiger partial charge in [0.25, 0.3) is 0 Å². The minimum atomic E-state index is 0.0576. The van der Waals surface area contributed by atoms with Crippen LogP contribution in [0, 0.1) is 5.92 Å². The Morgan fingerprint density at radius 2 is 2.18 bits per heavy atom. The first-order valence-corrected chi connectivity index (χ1v) is 8.90. The molecule has 1 N–H and O–H groups in total. The van der Waals surface area contributed by atoms with Gasteiger partial charge in [0.1, 0.15) is 0 Å². The van der Waals surface area contributed by atoms with Crippen LogP contribution < -0.4 is 5.32 Å². The van der Waals surface area contributed by atoms with Gasteiger partial charge in [0.2, 0.25) is 0 Å². The lowest BCUT2D eigenvalue weighted by Crippen LogP contribution is -2.32. The predicted octanol–water partition coefficient (Wildman–Crippen LogP) is 4.43. The summed E-state index contributed by atoms with van der Waals surface area (Å²) >= 11 is 13.3. The molecule has 3 heterocycles. The van der Waals surface area contributed by atoms with E-state index in [4.69, 9.17) is 23.8 Å². The van der Waals surface area contributed by atoms with Crippen molar-refractivity contribution in [2.24, 2.45) is 5.92 Å². The summed E-state index contributed by atoms with van der Waals surface area (Å²) in [5, 5.41) is 4.23. The second kappa shape index (κ2) is 6.52. The fourth-order valence-corrected chi connectivity index (χ4v) is 4.32. The third-order valence-electron chi connectivity index (χ3n) is 3.65. The minimum absolute atomic E-state index is 0.0576. The molecule has 0 saturated carbocycles. The van der Waals surface area contributed by atoms with Crippen molar-refractivity contribution < 1.29 is 0 Å². The van der Waals surface area contributed by atoms with Gasteiger partial charge in [0.05, 0.1) is 22.1 Å². The number of halogens is 1. The Kier molecular flexibility index (Phi) is 4.66. The first-order chi connectivity index (χ1) is 10.6. The molecule has 1 fully saturated rings. The van der Waals surface area contributed by atoms with E-state index in [0.29, 0.717) is 5.92 Å². The van der Waals surface area contributed by atoms with Crippen molar-refractivity contribution in [3.63, 3.8) is 0 Å². The topological polar surface area (TPSA) is 28.2 Å². The molecule has 116 valence electrons. The van der Waals surface area contributed by atoms with E-state index < -0.39 is 0 Å². The van der Waals surface area contributed by atoms with Crippen LogP contribution in [0.3, 0.4) is 0 Å². The molecule has 1 aliphatic heterocycles. The smallest absolute Gasteiger partial charge is 0.170 e. The highest BCUT2D eigenvalue weighted by Crippen LogP contribution is 2.42. The monoisotopic (exact) mass is 351 g/mol. The Morgan fingerprint density at radius 3 is 2.77 bits per heavy atom. The van der Waals surface area contributed by atoms with Crippen LogP contribution >= 0.6 is 35.2 Å². The fraction of sp³-hybridized carbons (Fsp3) is 0.375. The molecule has 2 aromatic heterocycles. The van der Waals surface area contributed by atoms with Crippen LogP contribution in [-0.4, -0.2) is 21.5 Å². The number of nitrogens with one attached hydrogen (secondary N) is 1. The zero-order valence-electron chi connectivity index (χ0n) is 12.5. The molecule has 22 heavy (non-hydrogen) atoms. The van der Waals surface area contributed by atoms with E-state index in [0.717, 1.165) is 21.7 Å². The summed E-state index contributed by atoms with van der Waals surface area (Å²) in [6.45, 7) is 5.32. The number of thiocarbonyl (C=S) groups is 1. The number of hydrogen-bond acceptors (Lipinski definition) is 3. The van der Waals surface area contributed by atoms with Crippen molar-refractivity contribution in [3.8, 4) is 0 Å². The molecule has 2 atom stereocenters. The van der Waals surface area contributed by atoms with Crippen LogP contribution in [0.25, 0.3) is 0 Å². The normalized spacial score (nSPS) is 21.5. The highest BCUT2D eigenvalue weighted by molar-refractivity contribution is 7.80. The Balaban J connectivity index is 2.00. The lowest BCUT2D eigenvalue weighted by molar-refractivity contribution is 0.291. The van der Waals surface area contributed by atoms with Gasteiger partial charge in [0.15, 0.2) is 5.11 Å². The number of aromatic nitrogens is 1. The summed E-state index contributed by atoms with van der Waals surface area (Å²) in [7, 11) is 0. The number of pyridine rings is 1. The van der Waals surface area contributed by atoms with Gasteiger partial charge < -0.3 is 10.2 Å². The quantitative estimate of drug-likeness (QED) is 0.825. The average Bonchev–Trinajstić information content (AvgIpc) is 3.04. The average molecular weight is 352 g/mol. The maximum atomic E-state index is 6.15. The van der Waals surface area contributed by atoms with Gasteiger partial charge >= 0.3 is 0 Å². The van der Waals surface area contributed by atoms with E-state index >= 15 is 0 Å². The molecule has 0 unspecified atom stereocenters. The maximum absolute atomic E-state index is 6.15. The van der Waals surface area contributed by atoms with Crippen LogP contribution in [0.4, 0.5) is 0 Å². The molecular weight excluding hydrogens is 334 g/mol. The molecule has 0 radical (unpaired) electrons. The summed E-state index contributed by atoms with van der Waals surface area (Å²) in [5.74, 6) is 0.528. The molecule has 6 heteroatoms. The predicted molar refractivity (Wildman–Crippen MR) is 96.3 cm³/mol. The summed E-state index contributed by atoms with van der Waals surface area (Å²) in [6.07, 6.45) is 1.82. The zero-order chi connectivity index (χ0) is 15.7. The van der Waals surface area contributed by atoms with Crippen LogP contribution in [0.5, 0.6) is 0 Å². The molecule has 0 spiro atoms. The Labute approximate surface area is 145 Å². The lowest BCUT2D eigenvalue weighted by Gasteiger charge is -2.28. The zero-order valence-corrected chi connectivity index (χ0v) is 14.9. The Hall–Kier alpha value is -1.17. The second-order valence-corrected chi connectivity index (χ2v) is 7.95. The Morgan fingerprint density at radius 1 is 1.36 bits per heavy atom. The summed E-state index contributed by atoms with van der Waals surface area (Å²) < 4.78 is 0.803. The maximum Gasteiger partial charge on any atom is 0.170 e. The van der Waals surface area contributed by atoms with Crippen molar-refractivity contribution in [3.05, 3.63) is 51.4 Å². The molecule has 1 saturated heterocycles. The highest BCUT2D eigenvalue weighted by atomic mass is 35.5. The van der Waals surface area contributed by atoms with E-state index in [1.54, 1.807) is 11.3 Å². The molecule has 0 aromatic carbocycles. The van der Waals surface area contributed by atoms with E-state index in [1.165, 1.54) is 4.88 Å². The number of rotatable bonds is 4. The third-order valence-corrected chi connectivity index (χ3v) is 5.30. The van der Waals surface area contributed by atoms with Crippen molar-refractivity contribution in [2.75, 3.05) is 6.54 Å². The molecule has 0 aliphatic carbocycles. The van der Waals surface area contributed by atoms with Crippen molar-refractivity contribution in [2.45, 2.75) is 25.9 Å². The highest BCUT2D eigenvalue weighted by Gasteiger charge is 2.40. The standard InChI is InChI=1S/C16H18ClN3S2/c1-10(2)9-20-15(12-6-7-13(17)22-12)14(19-16(20)21)11-5-3-4-8-18-11/h3-8,10,14-15H,9H2,1-2H3,(H,19,21)/t14-,15-/m1/s1. The minimum Gasteiger partial charge on any atom is -0.352 e. The van der Waals surface area contributed by atoms with Gasteiger partial charge in [0, 0.05) is 17.6 Å². The SMILES string of the molecule is CC(C)CN1C(=S)N[C@H](c2ccccn2)[C@H]1c1ccc(Cl)s1. The van der Waals surface area contributed by atoms with Gasteiger partial charge in [-0.15, -0.1) is 11.3 Å². The third kappa shape index (κ3) is 3.12. The molecule has 1 aliphatic rings. The summed E-state index contributed by atoms with van der Waals surface area (Å²) in [4.78, 5) is 8.00. The summed E-state index contributed by atoms with van der Waals surface area (Å²) in [5.41, 5.74) is 1.01. The van der Waals surface area contributed by atoms with E-state index in [1.807, 2.05) is 30.5 Å². The van der Waals surface area contributed by atoms with Gasteiger partial charge in [-0.25, -0.2) is 0 Å². The fourth-order valence-electron chi connectivity index (χ4n) is 2.79.